The van der Waals surface area contributed by atoms with E-state index in [4.69, 9.17) is 18.6 Å². The average Bonchev–Trinajstić information content (AvgIpc) is 3.25. The highest BCUT2D eigenvalue weighted by molar-refractivity contribution is 6.05. The zero-order valence-electron chi connectivity index (χ0n) is 23.5. The zero-order valence-corrected chi connectivity index (χ0v) is 23.5. The molecule has 212 valence electrons. The lowest BCUT2D eigenvalue weighted by atomic mass is 10.1. The number of ether oxygens (including phenoxy) is 3. The van der Waals surface area contributed by atoms with Gasteiger partial charge in [0.15, 0.2) is 5.76 Å². The number of hydrogen-bond acceptors (Lipinski definition) is 8. The summed E-state index contributed by atoms with van der Waals surface area (Å²) in [4.78, 5) is 53.3. The van der Waals surface area contributed by atoms with Crippen LogP contribution in [-0.2, 0) is 20.6 Å². The number of benzene rings is 2. The van der Waals surface area contributed by atoms with Gasteiger partial charge in [0.25, 0.3) is 5.91 Å². The number of alkyl carbamates (subject to hydrolysis) is 1. The number of carbonyl (C=O) groups is 4. The molecular weight excluding hydrogens is 518 g/mol. The predicted octanol–water partition coefficient (Wildman–Crippen LogP) is 5.87. The molecule has 0 saturated carbocycles. The lowest BCUT2D eigenvalue weighted by Gasteiger charge is -2.20. The van der Waals surface area contributed by atoms with Crippen molar-refractivity contribution in [1.82, 2.24) is 5.32 Å². The monoisotopic (exact) mass is 551 g/mol. The number of carbonyl (C=O) groups excluding carboxylic acids is 4. The molecule has 0 aliphatic carbocycles. The van der Waals surface area contributed by atoms with Crippen molar-refractivity contribution in [2.24, 2.45) is 4.99 Å². The van der Waals surface area contributed by atoms with Crippen LogP contribution in [0.5, 0.6) is 0 Å². The van der Waals surface area contributed by atoms with Crippen LogP contribution in [0.1, 0.15) is 68.0 Å². The number of aliphatic imine (C=N–C) groups is 1. The SMILES string of the molecule is COC(=O)c1cccc(NC(=O)c2cc3cc(CC(=NC(=O)OC(C)(C)C)NC(=O)OC(C)(C)C)ccc3o2)c1. The number of nitrogens with zero attached hydrogens (tertiary/aromatic N) is 1. The summed E-state index contributed by atoms with van der Waals surface area (Å²) < 4.78 is 21.0. The third-order valence-corrected chi connectivity index (χ3v) is 4.98. The molecule has 0 atom stereocenters. The average molecular weight is 552 g/mol. The summed E-state index contributed by atoms with van der Waals surface area (Å²) >= 11 is 0. The van der Waals surface area contributed by atoms with Crippen LogP contribution in [0.25, 0.3) is 11.0 Å². The zero-order chi connectivity index (χ0) is 29.7. The number of fused-ring (bicyclic) bond motifs is 1. The Bertz CT molecular complexity index is 1460. The van der Waals surface area contributed by atoms with Gasteiger partial charge in [-0.25, -0.2) is 14.4 Å². The van der Waals surface area contributed by atoms with Gasteiger partial charge in [0.2, 0.25) is 0 Å². The maximum Gasteiger partial charge on any atom is 0.435 e. The van der Waals surface area contributed by atoms with Crippen molar-refractivity contribution >= 4 is 46.6 Å². The summed E-state index contributed by atoms with van der Waals surface area (Å²) in [6.07, 6.45) is -1.57. The molecule has 2 aromatic carbocycles. The molecule has 3 aromatic rings. The van der Waals surface area contributed by atoms with E-state index in [0.29, 0.717) is 27.8 Å². The minimum Gasteiger partial charge on any atom is -0.465 e. The first kappa shape index (κ1) is 29.9. The standard InChI is InChI=1S/C29H33N3O8/c1-28(2,3)39-26(35)31-23(32-27(36)40-29(4,5)6)14-17-11-12-21-19(13-17)16-22(38-21)24(33)30-20-10-8-9-18(15-20)25(34)37-7/h8-13,15-16H,14H2,1-7H3,(H,30,33)(H,31,32,35,36). The Kier molecular flexibility index (Phi) is 8.98. The Balaban J connectivity index is 1.81. The molecule has 0 bridgehead atoms. The van der Waals surface area contributed by atoms with E-state index in [-0.39, 0.29) is 18.0 Å². The van der Waals surface area contributed by atoms with Gasteiger partial charge in [-0.05, 0) is 83.5 Å². The van der Waals surface area contributed by atoms with Crippen LogP contribution in [0.3, 0.4) is 0 Å². The molecule has 1 aromatic heterocycles. The molecule has 11 heteroatoms. The van der Waals surface area contributed by atoms with Crippen molar-refractivity contribution in [1.29, 1.82) is 0 Å². The fourth-order valence-corrected chi connectivity index (χ4v) is 3.47. The summed E-state index contributed by atoms with van der Waals surface area (Å²) in [5, 5.41) is 5.83. The molecule has 2 N–H and O–H groups in total. The van der Waals surface area contributed by atoms with E-state index in [0.717, 1.165) is 0 Å². The van der Waals surface area contributed by atoms with Crippen LogP contribution < -0.4 is 10.6 Å². The first-order valence-electron chi connectivity index (χ1n) is 12.4. The molecule has 0 aliphatic heterocycles. The Morgan fingerprint density at radius 1 is 0.900 bits per heavy atom. The minimum absolute atomic E-state index is 0.0230. The highest BCUT2D eigenvalue weighted by atomic mass is 16.6. The number of amides is 3. The Hall–Kier alpha value is -4.67. The lowest BCUT2D eigenvalue weighted by molar-refractivity contribution is 0.0558. The van der Waals surface area contributed by atoms with Crippen molar-refractivity contribution in [2.75, 3.05) is 12.4 Å². The van der Waals surface area contributed by atoms with Crippen LogP contribution >= 0.6 is 0 Å². The van der Waals surface area contributed by atoms with Gasteiger partial charge in [0, 0.05) is 17.5 Å². The van der Waals surface area contributed by atoms with Crippen LogP contribution in [0.2, 0.25) is 0 Å². The van der Waals surface area contributed by atoms with Crippen molar-refractivity contribution in [3.63, 3.8) is 0 Å². The number of furan rings is 1. The number of rotatable bonds is 5. The number of nitrogens with one attached hydrogen (secondary N) is 2. The van der Waals surface area contributed by atoms with E-state index in [1.807, 2.05) is 0 Å². The second-order valence-electron chi connectivity index (χ2n) is 10.9. The number of methoxy groups -OCH3 is 1. The molecule has 40 heavy (non-hydrogen) atoms. The summed E-state index contributed by atoms with van der Waals surface area (Å²) in [6.45, 7) is 10.3. The second kappa shape index (κ2) is 12.0. The van der Waals surface area contributed by atoms with E-state index in [1.165, 1.54) is 13.2 Å². The van der Waals surface area contributed by atoms with Crippen molar-refractivity contribution in [3.05, 3.63) is 65.4 Å². The summed E-state index contributed by atoms with van der Waals surface area (Å²) in [7, 11) is 1.27. The molecular formula is C29H33N3O8. The van der Waals surface area contributed by atoms with E-state index in [9.17, 15) is 19.2 Å². The van der Waals surface area contributed by atoms with Crippen LogP contribution in [0.15, 0.2) is 57.9 Å². The summed E-state index contributed by atoms with van der Waals surface area (Å²) in [6, 6.07) is 13.0. The number of anilines is 1. The molecule has 0 spiro atoms. The van der Waals surface area contributed by atoms with Gasteiger partial charge in [-0.1, -0.05) is 12.1 Å². The molecule has 0 saturated heterocycles. The normalized spacial score (nSPS) is 12.0. The van der Waals surface area contributed by atoms with E-state index >= 15 is 0 Å². The first-order chi connectivity index (χ1) is 18.6. The van der Waals surface area contributed by atoms with E-state index in [1.54, 1.807) is 84.0 Å². The molecule has 0 unspecified atom stereocenters. The van der Waals surface area contributed by atoms with Gasteiger partial charge in [0.1, 0.15) is 22.6 Å². The highest BCUT2D eigenvalue weighted by Crippen LogP contribution is 2.23. The lowest BCUT2D eigenvalue weighted by Crippen LogP contribution is -2.38. The molecule has 3 amide bonds. The Morgan fingerprint density at radius 2 is 1.60 bits per heavy atom. The van der Waals surface area contributed by atoms with Gasteiger partial charge < -0.3 is 23.9 Å². The Morgan fingerprint density at radius 3 is 2.25 bits per heavy atom. The first-order valence-corrected chi connectivity index (χ1v) is 12.4. The molecule has 0 aliphatic rings. The fourth-order valence-electron chi connectivity index (χ4n) is 3.47. The molecule has 0 radical (unpaired) electrons. The summed E-state index contributed by atoms with van der Waals surface area (Å²) in [5.74, 6) is -0.971. The van der Waals surface area contributed by atoms with E-state index < -0.39 is 35.3 Å². The summed E-state index contributed by atoms with van der Waals surface area (Å²) in [5.41, 5.74) is 0.273. The smallest absolute Gasteiger partial charge is 0.435 e. The topological polar surface area (TPSA) is 146 Å². The maximum atomic E-state index is 12.8. The van der Waals surface area contributed by atoms with Crippen molar-refractivity contribution in [3.8, 4) is 0 Å². The Labute approximate surface area is 231 Å². The molecule has 11 nitrogen and oxygen atoms in total. The largest absolute Gasteiger partial charge is 0.465 e. The number of amidine groups is 1. The third kappa shape index (κ3) is 8.97. The molecule has 3 rings (SSSR count). The fraction of sp³-hybridized carbons (Fsp3) is 0.345. The van der Waals surface area contributed by atoms with Gasteiger partial charge in [-0.3, -0.25) is 10.1 Å². The van der Waals surface area contributed by atoms with E-state index in [2.05, 4.69) is 15.6 Å². The molecule has 1 heterocycles. The van der Waals surface area contributed by atoms with Crippen LogP contribution in [0, 0.1) is 0 Å². The van der Waals surface area contributed by atoms with Crippen molar-refractivity contribution in [2.45, 2.75) is 59.2 Å². The molecule has 0 fully saturated rings. The van der Waals surface area contributed by atoms with Crippen molar-refractivity contribution < 1.29 is 37.8 Å². The van der Waals surface area contributed by atoms with Gasteiger partial charge in [-0.15, -0.1) is 0 Å². The third-order valence-electron chi connectivity index (χ3n) is 4.98. The number of hydrogen-bond donors (Lipinski definition) is 2. The quantitative estimate of drug-likeness (QED) is 0.173. The van der Waals surface area contributed by atoms with Crippen LogP contribution in [-0.4, -0.2) is 48.2 Å². The second-order valence-corrected chi connectivity index (χ2v) is 10.9. The maximum absolute atomic E-state index is 12.8. The minimum atomic E-state index is -0.863. The number of esters is 1. The van der Waals surface area contributed by atoms with Gasteiger partial charge in [0.05, 0.1) is 12.7 Å². The van der Waals surface area contributed by atoms with Gasteiger partial charge in [-0.2, -0.15) is 4.99 Å². The van der Waals surface area contributed by atoms with Gasteiger partial charge >= 0.3 is 18.2 Å². The van der Waals surface area contributed by atoms with Crippen LogP contribution in [0.4, 0.5) is 15.3 Å². The predicted molar refractivity (Wildman–Crippen MR) is 149 cm³/mol. The highest BCUT2D eigenvalue weighted by Gasteiger charge is 2.21.